The number of rotatable bonds is 5. The van der Waals surface area contributed by atoms with E-state index in [1.54, 1.807) is 6.20 Å². The minimum Gasteiger partial charge on any atom is -0.502 e. The predicted molar refractivity (Wildman–Crippen MR) is 132 cm³/mol. The van der Waals surface area contributed by atoms with Crippen LogP contribution in [0.4, 0.5) is 10.8 Å². The molecule has 0 aliphatic heterocycles. The van der Waals surface area contributed by atoms with Crippen molar-refractivity contribution in [1.29, 1.82) is 0 Å². The van der Waals surface area contributed by atoms with Crippen molar-refractivity contribution in [3.63, 3.8) is 0 Å². The van der Waals surface area contributed by atoms with Crippen molar-refractivity contribution in [2.45, 2.75) is 64.7 Å². The number of hydrogen-bond donors (Lipinski definition) is 3. The summed E-state index contributed by atoms with van der Waals surface area (Å²) in [5.41, 5.74) is 2.03. The lowest BCUT2D eigenvalue weighted by Gasteiger charge is -2.50. The fourth-order valence-electron chi connectivity index (χ4n) is 7.25. The van der Waals surface area contributed by atoms with Gasteiger partial charge in [-0.15, -0.1) is 11.3 Å². The average molecular weight is 499 g/mol. The van der Waals surface area contributed by atoms with Crippen LogP contribution in [-0.4, -0.2) is 31.8 Å². The Balaban J connectivity index is 1.40. The number of nitro benzene ring substituents is 1. The third-order valence-electron chi connectivity index (χ3n) is 8.65. The zero-order valence-electron chi connectivity index (χ0n) is 19.9. The van der Waals surface area contributed by atoms with Crippen LogP contribution in [0, 0.1) is 40.2 Å². The number of phenolic OH excluding ortho intramolecular Hbond substituents is 1. The maximum absolute atomic E-state index is 12.6. The number of nitrogens with zero attached hydrogens (tertiary/aromatic N) is 3. The molecule has 2 aromatic rings. The first-order valence-corrected chi connectivity index (χ1v) is 13.0. The summed E-state index contributed by atoms with van der Waals surface area (Å²) in [5, 5.41) is 38.8. The molecule has 3 aliphatic rings. The van der Waals surface area contributed by atoms with Gasteiger partial charge in [0.15, 0.2) is 10.9 Å². The number of aromatic hydroxyl groups is 1. The van der Waals surface area contributed by atoms with Crippen LogP contribution in [0.5, 0.6) is 5.75 Å². The molecule has 35 heavy (non-hydrogen) atoms. The van der Waals surface area contributed by atoms with Crippen molar-refractivity contribution in [3.05, 3.63) is 44.4 Å². The minimum atomic E-state index is -0.473. The molecular weight excluding hydrogens is 468 g/mol. The number of benzene rings is 1. The number of thiazole rings is 1. The van der Waals surface area contributed by atoms with Gasteiger partial charge in [0.25, 0.3) is 0 Å². The molecule has 5 atom stereocenters. The molecule has 9 nitrogen and oxygen atoms in total. The molecule has 1 heterocycles. The molecule has 3 aliphatic carbocycles. The van der Waals surface area contributed by atoms with Crippen molar-refractivity contribution in [2.24, 2.45) is 28.3 Å². The number of carbonyl (C=O) groups excluding carboxylic acids is 1. The third kappa shape index (κ3) is 3.97. The van der Waals surface area contributed by atoms with Crippen LogP contribution in [0.25, 0.3) is 0 Å². The van der Waals surface area contributed by atoms with Crippen LogP contribution in [0.1, 0.15) is 67.4 Å². The minimum absolute atomic E-state index is 0.0668. The summed E-state index contributed by atoms with van der Waals surface area (Å²) in [6.07, 6.45) is 6.43. The lowest BCUT2D eigenvalue weighted by atomic mass is 9.53. The summed E-state index contributed by atoms with van der Waals surface area (Å²) in [7, 11) is 0. The predicted octanol–water partition coefficient (Wildman–Crippen LogP) is 5.40. The van der Waals surface area contributed by atoms with Gasteiger partial charge in [0.2, 0.25) is 5.91 Å². The van der Waals surface area contributed by atoms with E-state index < -0.39 is 4.92 Å². The van der Waals surface area contributed by atoms with Crippen LogP contribution in [0.15, 0.2) is 23.5 Å². The highest BCUT2D eigenvalue weighted by molar-refractivity contribution is 7.15. The molecule has 2 saturated carbocycles. The monoisotopic (exact) mass is 498 g/mol. The van der Waals surface area contributed by atoms with E-state index in [-0.39, 0.29) is 46.4 Å². The van der Waals surface area contributed by atoms with E-state index in [1.807, 2.05) is 13.0 Å². The highest BCUT2D eigenvalue weighted by Gasteiger charge is 2.58. The Labute approximate surface area is 207 Å². The average Bonchev–Trinajstić information content (AvgIpc) is 3.36. The van der Waals surface area contributed by atoms with Gasteiger partial charge in [-0.05, 0) is 80.8 Å². The smallest absolute Gasteiger partial charge is 0.314 e. The molecule has 0 saturated heterocycles. The number of nitro groups is 1. The largest absolute Gasteiger partial charge is 0.502 e. The first-order valence-electron chi connectivity index (χ1n) is 12.2. The molecular formula is C25H30N4O5S. The van der Waals surface area contributed by atoms with Crippen molar-refractivity contribution in [1.82, 2.24) is 4.98 Å². The van der Waals surface area contributed by atoms with Crippen molar-refractivity contribution in [2.75, 3.05) is 5.32 Å². The van der Waals surface area contributed by atoms with Gasteiger partial charge in [-0.25, -0.2) is 4.98 Å². The molecule has 5 unspecified atom stereocenters. The second-order valence-corrected chi connectivity index (χ2v) is 11.7. The Bertz CT molecular complexity index is 1210. The molecule has 1 aromatic heterocycles. The fraction of sp³-hybridized carbons (Fsp3) is 0.560. The van der Waals surface area contributed by atoms with E-state index in [1.165, 1.54) is 17.4 Å². The molecule has 0 radical (unpaired) electrons. The normalized spacial score (nSPS) is 30.4. The zero-order valence-corrected chi connectivity index (χ0v) is 20.7. The van der Waals surface area contributed by atoms with Crippen LogP contribution < -0.4 is 5.32 Å². The molecule has 3 N–H and O–H groups in total. The van der Waals surface area contributed by atoms with Gasteiger partial charge < -0.3 is 15.6 Å². The van der Waals surface area contributed by atoms with Crippen LogP contribution in [-0.2, 0) is 11.2 Å². The third-order valence-corrected chi connectivity index (χ3v) is 9.48. The molecule has 0 bridgehead atoms. The molecule has 0 spiro atoms. The van der Waals surface area contributed by atoms with E-state index in [2.05, 4.69) is 22.4 Å². The molecule has 1 amide bonds. The maximum atomic E-state index is 12.6. The van der Waals surface area contributed by atoms with E-state index in [4.69, 9.17) is 0 Å². The van der Waals surface area contributed by atoms with Gasteiger partial charge in [0.05, 0.1) is 10.6 Å². The molecule has 10 heteroatoms. The molecule has 186 valence electrons. The summed E-state index contributed by atoms with van der Waals surface area (Å²) in [6.45, 7) is 4.12. The number of oxime groups is 1. The van der Waals surface area contributed by atoms with Gasteiger partial charge >= 0.3 is 5.69 Å². The second kappa shape index (κ2) is 8.89. The molecule has 5 rings (SSSR count). The number of hydrogen-bond acceptors (Lipinski definition) is 8. The number of fused-ring (bicyclic) bond motifs is 5. The lowest BCUT2D eigenvalue weighted by molar-refractivity contribution is -0.386. The van der Waals surface area contributed by atoms with Crippen molar-refractivity contribution >= 4 is 33.8 Å². The maximum Gasteiger partial charge on any atom is 0.314 e. The summed E-state index contributed by atoms with van der Waals surface area (Å²) in [4.78, 5) is 29.1. The van der Waals surface area contributed by atoms with Crippen molar-refractivity contribution < 1.29 is 20.0 Å². The Morgan fingerprint density at radius 1 is 1.40 bits per heavy atom. The Morgan fingerprint density at radius 2 is 2.20 bits per heavy atom. The highest BCUT2D eigenvalue weighted by Crippen LogP contribution is 2.63. The fourth-order valence-corrected chi connectivity index (χ4v) is 7.93. The van der Waals surface area contributed by atoms with Crippen LogP contribution in [0.2, 0.25) is 0 Å². The van der Waals surface area contributed by atoms with Crippen LogP contribution in [0.3, 0.4) is 0 Å². The first-order chi connectivity index (χ1) is 16.7. The van der Waals surface area contributed by atoms with E-state index in [9.17, 15) is 25.2 Å². The van der Waals surface area contributed by atoms with Gasteiger partial charge in [0, 0.05) is 28.5 Å². The quantitative estimate of drug-likeness (QED) is 0.287. The zero-order chi connectivity index (χ0) is 24.9. The topological polar surface area (TPSA) is 138 Å². The lowest BCUT2D eigenvalue weighted by Crippen LogP contribution is -2.44. The standard InChI is InChI=1S/C25H30N4O5S/c1-13-12-26-24(35-13)27-21(31)8-3-14-11-20(28-32)25(2)10-9-16-15-6-7-19(30)23(29(33)34)18(15)5-4-17(16)22(14)25/h6-7,12,14,16-17,22,30,32H,3-5,8-11H2,1-2H3,(H,26,27,31)/b28-20+. The summed E-state index contributed by atoms with van der Waals surface area (Å²) in [5.74, 6) is 0.507. The van der Waals surface area contributed by atoms with E-state index in [0.717, 1.165) is 35.4 Å². The first kappa shape index (κ1) is 23.7. The van der Waals surface area contributed by atoms with Gasteiger partial charge in [0.1, 0.15) is 0 Å². The molecule has 2 fully saturated rings. The number of amides is 1. The number of carbonyl (C=O) groups is 1. The number of nitrogens with one attached hydrogen (secondary N) is 1. The summed E-state index contributed by atoms with van der Waals surface area (Å²) >= 11 is 1.45. The number of anilines is 1. The number of phenols is 1. The SMILES string of the molecule is Cc1cnc(NC(=O)CCC2C/C(=N\O)C3(C)CCC4c5ccc(O)c([N+](=O)[O-])c5CCC4C23)s1. The summed E-state index contributed by atoms with van der Waals surface area (Å²) in [6, 6.07) is 3.30. The Hall–Kier alpha value is -3.01. The van der Waals surface area contributed by atoms with E-state index >= 15 is 0 Å². The van der Waals surface area contributed by atoms with Gasteiger partial charge in [-0.2, -0.15) is 0 Å². The Morgan fingerprint density at radius 3 is 2.89 bits per heavy atom. The van der Waals surface area contributed by atoms with E-state index in [0.29, 0.717) is 36.4 Å². The number of aromatic nitrogens is 1. The second-order valence-electron chi connectivity index (χ2n) is 10.4. The van der Waals surface area contributed by atoms with Crippen LogP contribution >= 0.6 is 11.3 Å². The highest BCUT2D eigenvalue weighted by atomic mass is 32.1. The summed E-state index contributed by atoms with van der Waals surface area (Å²) < 4.78 is 0. The van der Waals surface area contributed by atoms with Gasteiger partial charge in [-0.1, -0.05) is 18.1 Å². The number of aryl methyl sites for hydroxylation is 1. The Kier molecular flexibility index (Phi) is 6.03. The van der Waals surface area contributed by atoms with Gasteiger partial charge in [-0.3, -0.25) is 14.9 Å². The molecule has 1 aromatic carbocycles. The van der Waals surface area contributed by atoms with Crippen molar-refractivity contribution in [3.8, 4) is 5.75 Å².